The minimum absolute atomic E-state index is 0.532. The zero-order chi connectivity index (χ0) is 6.81. The summed E-state index contributed by atoms with van der Waals surface area (Å²) < 4.78 is 4.54. The van der Waals surface area contributed by atoms with Crippen molar-refractivity contribution in [2.75, 3.05) is 0 Å². The molecule has 0 aliphatic heterocycles. The Hall–Kier alpha value is -1.58. The van der Waals surface area contributed by atoms with Crippen LogP contribution in [0.4, 0.5) is 0 Å². The fourth-order valence-corrected chi connectivity index (χ4v) is 0.702. The molecular formula is C6H4N3O. The lowest BCUT2D eigenvalue weighted by atomic mass is 10.4. The van der Waals surface area contributed by atoms with Crippen molar-refractivity contribution in [3.8, 4) is 11.5 Å². The van der Waals surface area contributed by atoms with Crippen molar-refractivity contribution in [1.82, 2.24) is 15.1 Å². The number of hydrogen-bond donors (Lipinski definition) is 1. The molecule has 0 fully saturated rings. The molecule has 0 aliphatic carbocycles. The van der Waals surface area contributed by atoms with Crippen molar-refractivity contribution in [3.63, 3.8) is 0 Å². The molecule has 0 unspecified atom stereocenters. The number of aromatic amines is 1. The standard InChI is InChI=1S/C6H4N3O/c1-2-5(7-3-1)6-8-4-10-9-6/h1,3-4,7H. The fraction of sp³-hybridized carbons (Fsp3) is 0. The summed E-state index contributed by atoms with van der Waals surface area (Å²) in [5.41, 5.74) is 0.744. The summed E-state index contributed by atoms with van der Waals surface area (Å²) in [4.78, 5) is 6.72. The maximum Gasteiger partial charge on any atom is 0.219 e. The van der Waals surface area contributed by atoms with Crippen molar-refractivity contribution in [2.24, 2.45) is 0 Å². The molecule has 2 aromatic rings. The van der Waals surface area contributed by atoms with Gasteiger partial charge in [0.05, 0.1) is 5.69 Å². The summed E-state index contributed by atoms with van der Waals surface area (Å²) >= 11 is 0. The molecule has 0 atom stereocenters. The first kappa shape index (κ1) is 5.22. The topological polar surface area (TPSA) is 54.7 Å². The van der Waals surface area contributed by atoms with Gasteiger partial charge in [0, 0.05) is 12.3 Å². The zero-order valence-corrected chi connectivity index (χ0v) is 5.03. The van der Waals surface area contributed by atoms with Crippen LogP contribution in [0.2, 0.25) is 0 Å². The smallest absolute Gasteiger partial charge is 0.219 e. The first-order valence-corrected chi connectivity index (χ1v) is 2.78. The van der Waals surface area contributed by atoms with Crippen LogP contribution in [-0.2, 0) is 0 Å². The monoisotopic (exact) mass is 134 g/mol. The van der Waals surface area contributed by atoms with Crippen LogP contribution < -0.4 is 0 Å². The predicted molar refractivity (Wildman–Crippen MR) is 32.9 cm³/mol. The van der Waals surface area contributed by atoms with Gasteiger partial charge in [-0.25, -0.2) is 0 Å². The molecule has 0 amide bonds. The van der Waals surface area contributed by atoms with Gasteiger partial charge in [0.2, 0.25) is 12.2 Å². The Labute approximate surface area is 56.9 Å². The molecular weight excluding hydrogens is 130 g/mol. The van der Waals surface area contributed by atoms with Crippen molar-refractivity contribution in [2.45, 2.75) is 0 Å². The van der Waals surface area contributed by atoms with E-state index >= 15 is 0 Å². The van der Waals surface area contributed by atoms with Gasteiger partial charge in [-0.15, -0.1) is 0 Å². The zero-order valence-electron chi connectivity index (χ0n) is 5.03. The molecule has 2 heterocycles. The van der Waals surface area contributed by atoms with Gasteiger partial charge in [-0.3, -0.25) is 0 Å². The molecule has 10 heavy (non-hydrogen) atoms. The summed E-state index contributed by atoms with van der Waals surface area (Å²) in [6.07, 6.45) is 3.04. The first-order chi connectivity index (χ1) is 4.97. The van der Waals surface area contributed by atoms with Gasteiger partial charge in [-0.05, 0) is 6.07 Å². The third kappa shape index (κ3) is 0.699. The van der Waals surface area contributed by atoms with E-state index in [-0.39, 0.29) is 0 Å². The van der Waals surface area contributed by atoms with E-state index in [1.807, 2.05) is 0 Å². The number of hydrogen-bond acceptors (Lipinski definition) is 3. The van der Waals surface area contributed by atoms with Crippen molar-refractivity contribution < 1.29 is 4.52 Å². The SMILES string of the molecule is [c]1cc[nH]c1-c1ncon1. The maximum atomic E-state index is 4.54. The van der Waals surface area contributed by atoms with E-state index in [1.165, 1.54) is 6.39 Å². The summed E-state index contributed by atoms with van der Waals surface area (Å²) in [5, 5.41) is 3.61. The van der Waals surface area contributed by atoms with Crippen LogP contribution in [0.15, 0.2) is 23.2 Å². The summed E-state index contributed by atoms with van der Waals surface area (Å²) in [7, 11) is 0. The van der Waals surface area contributed by atoms with Gasteiger partial charge >= 0.3 is 0 Å². The average molecular weight is 134 g/mol. The van der Waals surface area contributed by atoms with Crippen LogP contribution in [0.25, 0.3) is 11.5 Å². The van der Waals surface area contributed by atoms with E-state index in [0.717, 1.165) is 5.69 Å². The Morgan fingerprint density at radius 3 is 3.20 bits per heavy atom. The molecule has 2 aromatic heterocycles. The molecule has 0 bridgehead atoms. The molecule has 1 N–H and O–H groups in total. The van der Waals surface area contributed by atoms with Crippen LogP contribution in [-0.4, -0.2) is 15.1 Å². The molecule has 0 saturated carbocycles. The summed E-state index contributed by atoms with van der Waals surface area (Å²) in [6, 6.07) is 4.65. The highest BCUT2D eigenvalue weighted by Crippen LogP contribution is 2.08. The predicted octanol–water partition coefficient (Wildman–Crippen LogP) is 0.865. The van der Waals surface area contributed by atoms with Gasteiger partial charge in [0.15, 0.2) is 0 Å². The van der Waals surface area contributed by atoms with E-state index in [1.54, 1.807) is 12.3 Å². The van der Waals surface area contributed by atoms with Gasteiger partial charge in [0.25, 0.3) is 0 Å². The highest BCUT2D eigenvalue weighted by atomic mass is 16.5. The quantitative estimate of drug-likeness (QED) is 0.629. The van der Waals surface area contributed by atoms with Gasteiger partial charge < -0.3 is 9.51 Å². The summed E-state index contributed by atoms with van der Waals surface area (Å²) in [5.74, 6) is 0.532. The lowest BCUT2D eigenvalue weighted by molar-refractivity contribution is 0.418. The minimum atomic E-state index is 0.532. The Bertz CT molecular complexity index is 252. The average Bonchev–Trinajstić information content (AvgIpc) is 2.59. The van der Waals surface area contributed by atoms with E-state index in [0.29, 0.717) is 5.82 Å². The van der Waals surface area contributed by atoms with E-state index in [4.69, 9.17) is 0 Å². The largest absolute Gasteiger partial charge is 0.358 e. The highest BCUT2D eigenvalue weighted by Gasteiger charge is 2.00. The second kappa shape index (κ2) is 1.98. The van der Waals surface area contributed by atoms with E-state index < -0.39 is 0 Å². The number of rotatable bonds is 1. The van der Waals surface area contributed by atoms with E-state index in [2.05, 4.69) is 25.7 Å². The Balaban J connectivity index is 2.48. The number of aromatic nitrogens is 3. The van der Waals surface area contributed by atoms with Crippen LogP contribution in [0.5, 0.6) is 0 Å². The lowest BCUT2D eigenvalue weighted by Crippen LogP contribution is -1.77. The van der Waals surface area contributed by atoms with Crippen molar-refractivity contribution in [1.29, 1.82) is 0 Å². The third-order valence-corrected chi connectivity index (χ3v) is 1.12. The second-order valence-corrected chi connectivity index (χ2v) is 1.75. The molecule has 0 saturated heterocycles. The number of nitrogens with zero attached hydrogens (tertiary/aromatic N) is 2. The number of nitrogens with one attached hydrogen (secondary N) is 1. The van der Waals surface area contributed by atoms with Crippen molar-refractivity contribution >= 4 is 0 Å². The Morgan fingerprint density at radius 1 is 1.60 bits per heavy atom. The highest BCUT2D eigenvalue weighted by molar-refractivity contribution is 5.46. The maximum absolute atomic E-state index is 4.54. The van der Waals surface area contributed by atoms with Crippen LogP contribution in [0, 0.1) is 6.07 Å². The normalized spacial score (nSPS) is 10.0. The molecule has 1 radical (unpaired) electrons. The molecule has 4 nitrogen and oxygen atoms in total. The first-order valence-electron chi connectivity index (χ1n) is 2.78. The fourth-order valence-electron chi connectivity index (χ4n) is 0.702. The molecule has 0 aliphatic rings. The van der Waals surface area contributed by atoms with Gasteiger partial charge in [0.1, 0.15) is 0 Å². The van der Waals surface area contributed by atoms with Crippen LogP contribution >= 0.6 is 0 Å². The second-order valence-electron chi connectivity index (χ2n) is 1.75. The molecule has 0 aromatic carbocycles. The molecule has 49 valence electrons. The molecule has 2 rings (SSSR count). The van der Waals surface area contributed by atoms with Crippen LogP contribution in [0.1, 0.15) is 0 Å². The Kier molecular flexibility index (Phi) is 1.04. The van der Waals surface area contributed by atoms with Gasteiger partial charge in [-0.2, -0.15) is 4.98 Å². The molecule has 4 heteroatoms. The van der Waals surface area contributed by atoms with Crippen LogP contribution in [0.3, 0.4) is 0 Å². The van der Waals surface area contributed by atoms with Crippen molar-refractivity contribution in [3.05, 3.63) is 24.7 Å². The van der Waals surface area contributed by atoms with E-state index in [9.17, 15) is 0 Å². The third-order valence-electron chi connectivity index (χ3n) is 1.12. The Morgan fingerprint density at radius 2 is 2.60 bits per heavy atom. The number of H-pyrrole nitrogens is 1. The molecule has 0 spiro atoms. The minimum Gasteiger partial charge on any atom is -0.358 e. The summed E-state index contributed by atoms with van der Waals surface area (Å²) in [6.45, 7) is 0. The lowest BCUT2D eigenvalue weighted by Gasteiger charge is -1.81. The van der Waals surface area contributed by atoms with Gasteiger partial charge in [-0.1, -0.05) is 5.16 Å².